The molecule has 3 nitrogen and oxygen atoms in total. The predicted molar refractivity (Wildman–Crippen MR) is 82.3 cm³/mol. The van der Waals surface area contributed by atoms with Gasteiger partial charge in [-0.05, 0) is 42.4 Å². The van der Waals surface area contributed by atoms with Crippen LogP contribution in [0.15, 0.2) is 29.2 Å². The molecule has 0 saturated carbocycles. The maximum absolute atomic E-state index is 12.6. The Balaban J connectivity index is 2.11. The van der Waals surface area contributed by atoms with Crippen LogP contribution >= 0.6 is 11.6 Å². The molecule has 1 saturated heterocycles. The zero-order chi connectivity index (χ0) is 14.8. The number of benzene rings is 1. The van der Waals surface area contributed by atoms with Gasteiger partial charge in [0.1, 0.15) is 0 Å². The van der Waals surface area contributed by atoms with Crippen LogP contribution in [0.5, 0.6) is 0 Å². The molecule has 1 aliphatic rings. The summed E-state index contributed by atoms with van der Waals surface area (Å²) in [6.07, 6.45) is 1.91. The summed E-state index contributed by atoms with van der Waals surface area (Å²) in [6, 6.07) is 6.87. The van der Waals surface area contributed by atoms with Crippen LogP contribution < -0.4 is 0 Å². The average molecular weight is 316 g/mol. The Kier molecular flexibility index (Phi) is 5.10. The minimum absolute atomic E-state index is 0.370. The largest absolute Gasteiger partial charge is 0.243 e. The van der Waals surface area contributed by atoms with Crippen molar-refractivity contribution >= 4 is 21.6 Å². The van der Waals surface area contributed by atoms with Gasteiger partial charge in [0.15, 0.2) is 0 Å². The minimum Gasteiger partial charge on any atom is -0.207 e. The lowest BCUT2D eigenvalue weighted by atomic mass is 9.87. The molecule has 1 fully saturated rings. The number of nitrogens with zero attached hydrogens (tertiary/aromatic N) is 1. The summed E-state index contributed by atoms with van der Waals surface area (Å²) in [7, 11) is -3.35. The number of sulfonamides is 1. The maximum Gasteiger partial charge on any atom is 0.243 e. The highest BCUT2D eigenvalue weighted by atomic mass is 35.5. The third-order valence-electron chi connectivity index (χ3n) is 4.16. The summed E-state index contributed by atoms with van der Waals surface area (Å²) in [4.78, 5) is 0.370. The molecule has 20 heavy (non-hydrogen) atoms. The number of halogens is 1. The van der Waals surface area contributed by atoms with Crippen molar-refractivity contribution < 1.29 is 8.42 Å². The van der Waals surface area contributed by atoms with Crippen molar-refractivity contribution in [1.82, 2.24) is 4.31 Å². The van der Waals surface area contributed by atoms with E-state index in [0.29, 0.717) is 35.7 Å². The van der Waals surface area contributed by atoms with Gasteiger partial charge in [0.05, 0.1) is 4.90 Å². The Labute approximate surface area is 127 Å². The van der Waals surface area contributed by atoms with Crippen molar-refractivity contribution in [3.63, 3.8) is 0 Å². The highest BCUT2D eigenvalue weighted by molar-refractivity contribution is 7.89. The monoisotopic (exact) mass is 315 g/mol. The third-order valence-corrected chi connectivity index (χ3v) is 6.38. The number of hydrogen-bond acceptors (Lipinski definition) is 2. The third kappa shape index (κ3) is 3.35. The summed E-state index contributed by atoms with van der Waals surface area (Å²) in [6.45, 7) is 5.67. The molecule has 1 heterocycles. The van der Waals surface area contributed by atoms with E-state index >= 15 is 0 Å². The molecule has 0 aromatic heterocycles. The fourth-order valence-electron chi connectivity index (χ4n) is 2.68. The van der Waals surface area contributed by atoms with E-state index in [4.69, 9.17) is 11.6 Å². The van der Waals surface area contributed by atoms with E-state index < -0.39 is 10.0 Å². The molecule has 0 bridgehead atoms. The number of rotatable bonds is 4. The number of piperidine rings is 1. The Morgan fingerprint density at radius 1 is 1.20 bits per heavy atom. The maximum atomic E-state index is 12.6. The van der Waals surface area contributed by atoms with Crippen molar-refractivity contribution in [3.05, 3.63) is 29.8 Å². The van der Waals surface area contributed by atoms with Crippen LogP contribution in [-0.2, 0) is 15.9 Å². The standard InChI is InChI=1S/C15H22ClNO2S/c1-12(2)14-7-9-17(10-8-14)20(18,19)15-5-3-13(11-16)4-6-15/h3-6,12,14H,7-11H2,1-2H3. The van der Waals surface area contributed by atoms with Gasteiger partial charge >= 0.3 is 0 Å². The first kappa shape index (κ1) is 15.8. The predicted octanol–water partition coefficient (Wildman–Crippen LogP) is 3.48. The summed E-state index contributed by atoms with van der Waals surface area (Å²) in [5, 5.41) is 0. The van der Waals surface area contributed by atoms with Crippen LogP contribution in [0.3, 0.4) is 0 Å². The molecular weight excluding hydrogens is 294 g/mol. The van der Waals surface area contributed by atoms with Crippen LogP contribution in [0.4, 0.5) is 0 Å². The van der Waals surface area contributed by atoms with Crippen LogP contribution in [-0.4, -0.2) is 25.8 Å². The van der Waals surface area contributed by atoms with Gasteiger partial charge in [-0.2, -0.15) is 4.31 Å². The highest BCUT2D eigenvalue weighted by Gasteiger charge is 2.30. The normalized spacial score (nSPS) is 18.6. The second kappa shape index (κ2) is 6.46. The Morgan fingerprint density at radius 2 is 1.75 bits per heavy atom. The minimum atomic E-state index is -3.35. The van der Waals surface area contributed by atoms with Crippen molar-refractivity contribution in [2.45, 2.75) is 37.5 Å². The molecule has 1 aliphatic heterocycles. The fourth-order valence-corrected chi connectivity index (χ4v) is 4.33. The first-order valence-electron chi connectivity index (χ1n) is 7.10. The van der Waals surface area contributed by atoms with E-state index in [1.807, 2.05) is 0 Å². The van der Waals surface area contributed by atoms with Crippen molar-refractivity contribution in [2.24, 2.45) is 11.8 Å². The molecule has 0 unspecified atom stereocenters. The molecule has 0 aliphatic carbocycles. The van der Waals surface area contributed by atoms with Gasteiger partial charge in [0.25, 0.3) is 0 Å². The quantitative estimate of drug-likeness (QED) is 0.798. The van der Waals surface area contributed by atoms with Gasteiger partial charge in [-0.1, -0.05) is 26.0 Å². The van der Waals surface area contributed by atoms with Crippen LogP contribution in [0, 0.1) is 11.8 Å². The van der Waals surface area contributed by atoms with Gasteiger partial charge in [-0.3, -0.25) is 0 Å². The van der Waals surface area contributed by atoms with E-state index in [-0.39, 0.29) is 0 Å². The molecule has 5 heteroatoms. The van der Waals surface area contributed by atoms with Gasteiger partial charge in [-0.25, -0.2) is 8.42 Å². The molecule has 0 N–H and O–H groups in total. The second-order valence-corrected chi connectivity index (χ2v) is 7.97. The summed E-state index contributed by atoms with van der Waals surface area (Å²) < 4.78 is 26.7. The summed E-state index contributed by atoms with van der Waals surface area (Å²) in [5.41, 5.74) is 0.934. The lowest BCUT2D eigenvalue weighted by Crippen LogP contribution is -2.39. The molecule has 1 aromatic rings. The Morgan fingerprint density at radius 3 is 2.20 bits per heavy atom. The lowest BCUT2D eigenvalue weighted by Gasteiger charge is -2.33. The van der Waals surface area contributed by atoms with Gasteiger partial charge < -0.3 is 0 Å². The van der Waals surface area contributed by atoms with Gasteiger partial charge in [-0.15, -0.1) is 11.6 Å². The molecule has 0 radical (unpaired) electrons. The van der Waals surface area contributed by atoms with Gasteiger partial charge in [0, 0.05) is 19.0 Å². The smallest absolute Gasteiger partial charge is 0.207 e. The molecule has 0 amide bonds. The fraction of sp³-hybridized carbons (Fsp3) is 0.600. The zero-order valence-electron chi connectivity index (χ0n) is 12.0. The number of hydrogen-bond donors (Lipinski definition) is 0. The molecule has 1 aromatic carbocycles. The van der Waals surface area contributed by atoms with E-state index in [9.17, 15) is 8.42 Å². The van der Waals surface area contributed by atoms with Crippen molar-refractivity contribution in [2.75, 3.05) is 13.1 Å². The molecule has 0 atom stereocenters. The van der Waals surface area contributed by atoms with Crippen LogP contribution in [0.25, 0.3) is 0 Å². The highest BCUT2D eigenvalue weighted by Crippen LogP contribution is 2.28. The average Bonchev–Trinajstić information content (AvgIpc) is 2.47. The number of alkyl halides is 1. The van der Waals surface area contributed by atoms with E-state index in [0.717, 1.165) is 18.4 Å². The first-order valence-corrected chi connectivity index (χ1v) is 9.07. The molecule has 2 rings (SSSR count). The Bertz CT molecular complexity index is 531. The molecule has 112 valence electrons. The van der Waals surface area contributed by atoms with Crippen molar-refractivity contribution in [1.29, 1.82) is 0 Å². The van der Waals surface area contributed by atoms with E-state index in [1.54, 1.807) is 28.6 Å². The summed E-state index contributed by atoms with van der Waals surface area (Å²) >= 11 is 5.73. The second-order valence-electron chi connectivity index (χ2n) is 5.76. The summed E-state index contributed by atoms with van der Waals surface area (Å²) in [5.74, 6) is 1.67. The van der Waals surface area contributed by atoms with E-state index in [1.165, 1.54) is 0 Å². The molecule has 0 spiro atoms. The molecular formula is C15H22ClNO2S. The Hall–Kier alpha value is -0.580. The van der Waals surface area contributed by atoms with Crippen LogP contribution in [0.1, 0.15) is 32.3 Å². The van der Waals surface area contributed by atoms with Gasteiger partial charge in [0.2, 0.25) is 10.0 Å². The van der Waals surface area contributed by atoms with Crippen molar-refractivity contribution in [3.8, 4) is 0 Å². The topological polar surface area (TPSA) is 37.4 Å². The SMILES string of the molecule is CC(C)C1CCN(S(=O)(=O)c2ccc(CCl)cc2)CC1. The zero-order valence-corrected chi connectivity index (χ0v) is 13.6. The van der Waals surface area contributed by atoms with Crippen LogP contribution in [0.2, 0.25) is 0 Å². The van der Waals surface area contributed by atoms with E-state index in [2.05, 4.69) is 13.8 Å². The first-order chi connectivity index (χ1) is 9.45. The lowest BCUT2D eigenvalue weighted by molar-refractivity contribution is 0.226.